The van der Waals surface area contributed by atoms with Crippen LogP contribution >= 0.6 is 11.8 Å². The molecule has 0 radical (unpaired) electrons. The van der Waals surface area contributed by atoms with E-state index < -0.39 is 5.97 Å². The van der Waals surface area contributed by atoms with E-state index in [2.05, 4.69) is 0 Å². The van der Waals surface area contributed by atoms with Crippen molar-refractivity contribution >= 4 is 17.7 Å². The van der Waals surface area contributed by atoms with E-state index in [4.69, 9.17) is 4.74 Å². The molecule has 0 fully saturated rings. The molecule has 1 aliphatic rings. The van der Waals surface area contributed by atoms with Crippen LogP contribution in [0.1, 0.15) is 15.9 Å². The highest BCUT2D eigenvalue weighted by Gasteiger charge is 2.24. The van der Waals surface area contributed by atoms with Crippen molar-refractivity contribution < 1.29 is 19.7 Å². The molecule has 0 aromatic heterocycles. The second-order valence-corrected chi connectivity index (χ2v) is 5.13. The van der Waals surface area contributed by atoms with Gasteiger partial charge < -0.3 is 14.9 Å². The maximum atomic E-state index is 11.2. The fourth-order valence-corrected chi connectivity index (χ4v) is 3.01. The van der Waals surface area contributed by atoms with Gasteiger partial charge >= 0.3 is 5.97 Å². The van der Waals surface area contributed by atoms with Gasteiger partial charge in [0.15, 0.2) is 5.75 Å². The summed E-state index contributed by atoms with van der Waals surface area (Å²) in [5, 5.41) is 18.5. The molecular weight excluding hydrogens is 264 g/mol. The lowest BCUT2D eigenvalue weighted by Gasteiger charge is -2.22. The Kier molecular flexibility index (Phi) is 2.93. The van der Waals surface area contributed by atoms with Gasteiger partial charge in [-0.1, -0.05) is 30.0 Å². The van der Waals surface area contributed by atoms with Gasteiger partial charge in [0.2, 0.25) is 0 Å². The fourth-order valence-electron chi connectivity index (χ4n) is 1.97. The maximum absolute atomic E-state index is 11.2. The van der Waals surface area contributed by atoms with Gasteiger partial charge in [0.1, 0.15) is 11.3 Å². The molecule has 0 unspecified atom stereocenters. The second kappa shape index (κ2) is 4.60. The number of carbonyl (C=O) groups is 1. The second-order valence-electron chi connectivity index (χ2n) is 4.04. The summed E-state index contributed by atoms with van der Waals surface area (Å²) in [7, 11) is 0. The number of aliphatic hydroxyl groups is 1. The van der Waals surface area contributed by atoms with E-state index in [1.54, 1.807) is 12.1 Å². The van der Waals surface area contributed by atoms with Gasteiger partial charge in [-0.25, -0.2) is 4.79 Å². The number of aliphatic hydroxyl groups excluding tert-OH is 1. The number of carboxylic acid groups (broad SMARTS) is 1. The van der Waals surface area contributed by atoms with Crippen molar-refractivity contribution in [3.8, 4) is 11.5 Å². The minimum absolute atomic E-state index is 0.128. The Morgan fingerprint density at radius 1 is 1.11 bits per heavy atom. The van der Waals surface area contributed by atoms with Crippen LogP contribution in [0.15, 0.2) is 46.2 Å². The van der Waals surface area contributed by atoms with E-state index in [1.807, 2.05) is 18.2 Å². The number of carboxylic acids is 1. The van der Waals surface area contributed by atoms with Crippen LogP contribution in [-0.2, 0) is 6.61 Å². The van der Waals surface area contributed by atoms with Gasteiger partial charge in [0.05, 0.1) is 16.4 Å². The predicted octanol–water partition coefficient (Wildman–Crippen LogP) is 3.13. The molecule has 2 aromatic carbocycles. The molecule has 2 aromatic rings. The van der Waals surface area contributed by atoms with Gasteiger partial charge in [0.25, 0.3) is 0 Å². The van der Waals surface area contributed by atoms with Gasteiger partial charge in [-0.05, 0) is 18.2 Å². The highest BCUT2D eigenvalue weighted by molar-refractivity contribution is 7.99. The number of hydrogen-bond acceptors (Lipinski definition) is 4. The van der Waals surface area contributed by atoms with Crippen LogP contribution in [0, 0.1) is 0 Å². The minimum Gasteiger partial charge on any atom is -0.478 e. The predicted molar refractivity (Wildman–Crippen MR) is 70.0 cm³/mol. The molecule has 0 spiro atoms. The van der Waals surface area contributed by atoms with Gasteiger partial charge in [-0.15, -0.1) is 0 Å². The first-order valence-corrected chi connectivity index (χ1v) is 6.47. The number of para-hydroxylation sites is 2. The normalized spacial score (nSPS) is 12.3. The van der Waals surface area contributed by atoms with Crippen molar-refractivity contribution in [2.45, 2.75) is 16.4 Å². The Balaban J connectivity index is 2.15. The van der Waals surface area contributed by atoms with Crippen LogP contribution in [0.25, 0.3) is 0 Å². The molecule has 0 saturated carbocycles. The summed E-state index contributed by atoms with van der Waals surface area (Å²) in [6.07, 6.45) is 0. The van der Waals surface area contributed by atoms with Crippen LogP contribution in [-0.4, -0.2) is 16.2 Å². The SMILES string of the molecule is O=C(O)c1cccc2c1Oc1c(CO)cccc1S2. The van der Waals surface area contributed by atoms with E-state index in [-0.39, 0.29) is 12.2 Å². The largest absolute Gasteiger partial charge is 0.478 e. The van der Waals surface area contributed by atoms with Crippen molar-refractivity contribution in [1.82, 2.24) is 0 Å². The van der Waals surface area contributed by atoms with E-state index in [0.717, 1.165) is 9.79 Å². The third kappa shape index (κ3) is 1.97. The molecular formula is C14H10O4S. The number of benzene rings is 2. The summed E-state index contributed by atoms with van der Waals surface area (Å²) in [4.78, 5) is 12.8. The standard InChI is InChI=1S/C14H10O4S/c15-7-8-3-1-5-10-12(8)18-13-9(14(16)17)4-2-6-11(13)19-10/h1-6,15H,7H2,(H,16,17). The minimum atomic E-state index is -1.03. The molecule has 3 rings (SSSR count). The molecule has 4 nitrogen and oxygen atoms in total. The first-order chi connectivity index (χ1) is 9.20. The Labute approximate surface area is 113 Å². The summed E-state index contributed by atoms with van der Waals surface area (Å²) in [6, 6.07) is 10.5. The molecule has 96 valence electrons. The summed E-state index contributed by atoms with van der Waals surface area (Å²) in [6.45, 7) is -0.145. The summed E-state index contributed by atoms with van der Waals surface area (Å²) >= 11 is 1.44. The molecule has 1 aliphatic heterocycles. The average molecular weight is 274 g/mol. The van der Waals surface area contributed by atoms with Crippen LogP contribution in [0.2, 0.25) is 0 Å². The molecule has 2 N–H and O–H groups in total. The molecule has 19 heavy (non-hydrogen) atoms. The van der Waals surface area contributed by atoms with Crippen LogP contribution in [0.4, 0.5) is 0 Å². The Bertz CT molecular complexity index is 666. The summed E-state index contributed by atoms with van der Waals surface area (Å²) in [5.41, 5.74) is 0.777. The third-order valence-corrected chi connectivity index (χ3v) is 3.95. The quantitative estimate of drug-likeness (QED) is 0.751. The summed E-state index contributed by atoms with van der Waals surface area (Å²) < 4.78 is 5.73. The number of ether oxygens (including phenoxy) is 1. The van der Waals surface area contributed by atoms with Crippen molar-refractivity contribution in [1.29, 1.82) is 0 Å². The number of hydrogen-bond donors (Lipinski definition) is 2. The zero-order chi connectivity index (χ0) is 13.4. The monoisotopic (exact) mass is 274 g/mol. The highest BCUT2D eigenvalue weighted by Crippen LogP contribution is 2.49. The van der Waals surface area contributed by atoms with E-state index >= 15 is 0 Å². The molecule has 0 aliphatic carbocycles. The Morgan fingerprint density at radius 3 is 2.47 bits per heavy atom. The van der Waals surface area contributed by atoms with Crippen molar-refractivity contribution in [2.24, 2.45) is 0 Å². The zero-order valence-electron chi connectivity index (χ0n) is 9.79. The number of aromatic carboxylic acids is 1. The lowest BCUT2D eigenvalue weighted by atomic mass is 10.1. The molecule has 0 atom stereocenters. The molecule has 0 saturated heterocycles. The molecule has 1 heterocycles. The van der Waals surface area contributed by atoms with Gasteiger partial charge in [0, 0.05) is 5.56 Å². The van der Waals surface area contributed by atoms with Crippen molar-refractivity contribution in [3.63, 3.8) is 0 Å². The Morgan fingerprint density at radius 2 is 1.79 bits per heavy atom. The van der Waals surface area contributed by atoms with E-state index in [1.165, 1.54) is 17.8 Å². The van der Waals surface area contributed by atoms with Crippen LogP contribution in [0.5, 0.6) is 11.5 Å². The van der Waals surface area contributed by atoms with Gasteiger partial charge in [-0.3, -0.25) is 0 Å². The third-order valence-electron chi connectivity index (χ3n) is 2.86. The molecule has 0 bridgehead atoms. The highest BCUT2D eigenvalue weighted by atomic mass is 32.2. The first-order valence-electron chi connectivity index (χ1n) is 5.65. The number of fused-ring (bicyclic) bond motifs is 2. The lowest BCUT2D eigenvalue weighted by molar-refractivity contribution is 0.0693. The van der Waals surface area contributed by atoms with Crippen LogP contribution < -0.4 is 4.74 Å². The zero-order valence-corrected chi connectivity index (χ0v) is 10.6. The summed E-state index contributed by atoms with van der Waals surface area (Å²) in [5.74, 6) is -0.146. The van der Waals surface area contributed by atoms with E-state index in [0.29, 0.717) is 17.1 Å². The first kappa shape index (κ1) is 12.1. The fraction of sp³-hybridized carbons (Fsp3) is 0.0714. The average Bonchev–Trinajstić information content (AvgIpc) is 2.43. The van der Waals surface area contributed by atoms with Gasteiger partial charge in [-0.2, -0.15) is 0 Å². The van der Waals surface area contributed by atoms with Crippen molar-refractivity contribution in [2.75, 3.05) is 0 Å². The lowest BCUT2D eigenvalue weighted by Crippen LogP contribution is -2.05. The molecule has 0 amide bonds. The van der Waals surface area contributed by atoms with Crippen molar-refractivity contribution in [3.05, 3.63) is 47.5 Å². The number of rotatable bonds is 2. The maximum Gasteiger partial charge on any atom is 0.339 e. The smallest absolute Gasteiger partial charge is 0.339 e. The topological polar surface area (TPSA) is 66.8 Å². The van der Waals surface area contributed by atoms with Crippen LogP contribution in [0.3, 0.4) is 0 Å². The molecule has 5 heteroatoms. The van der Waals surface area contributed by atoms with E-state index in [9.17, 15) is 15.0 Å². The Hall–Kier alpha value is -1.98.